The first-order valence-electron chi connectivity index (χ1n) is 13.3. The van der Waals surface area contributed by atoms with Crippen LogP contribution in [0.4, 0.5) is 14.7 Å². The van der Waals surface area contributed by atoms with Gasteiger partial charge in [0.25, 0.3) is 12.0 Å². The van der Waals surface area contributed by atoms with Gasteiger partial charge in [-0.1, -0.05) is 0 Å². The Morgan fingerprint density at radius 1 is 1.18 bits per heavy atom. The predicted molar refractivity (Wildman–Crippen MR) is 140 cm³/mol. The lowest BCUT2D eigenvalue weighted by Gasteiger charge is -2.44. The SMILES string of the molecule is CC(C)N1CC(S(=O)(=O)N2CCC(Nc3ncc4cc(C(F)F)c(=O)n([C@@H]5CCC[C@@]5(C)O)c4n3)CC2)C1. The lowest BCUT2D eigenvalue weighted by atomic mass is 9.99. The highest BCUT2D eigenvalue weighted by Gasteiger charge is 2.43. The minimum atomic E-state index is -3.35. The van der Waals surface area contributed by atoms with Gasteiger partial charge in [-0.25, -0.2) is 26.5 Å². The van der Waals surface area contributed by atoms with Gasteiger partial charge < -0.3 is 10.4 Å². The van der Waals surface area contributed by atoms with Crippen LogP contribution in [-0.2, 0) is 10.0 Å². The van der Waals surface area contributed by atoms with Crippen molar-refractivity contribution < 1.29 is 22.3 Å². The number of halogens is 2. The van der Waals surface area contributed by atoms with Crippen LogP contribution in [0.15, 0.2) is 17.1 Å². The zero-order valence-corrected chi connectivity index (χ0v) is 22.8. The molecule has 5 rings (SSSR count). The Morgan fingerprint density at radius 3 is 2.45 bits per heavy atom. The topological polar surface area (TPSA) is 121 Å². The van der Waals surface area contributed by atoms with E-state index in [9.17, 15) is 27.1 Å². The second-order valence-electron chi connectivity index (χ2n) is 11.3. The third kappa shape index (κ3) is 4.93. The lowest BCUT2D eigenvalue weighted by Crippen LogP contribution is -2.61. The number of alkyl halides is 2. The number of nitrogens with one attached hydrogen (secondary N) is 1. The minimum Gasteiger partial charge on any atom is -0.388 e. The number of likely N-dealkylation sites (tertiary alicyclic amines) is 1. The normalized spacial score (nSPS) is 26.5. The van der Waals surface area contributed by atoms with Crippen molar-refractivity contribution in [3.63, 3.8) is 0 Å². The van der Waals surface area contributed by atoms with Crippen LogP contribution in [0.3, 0.4) is 0 Å². The van der Waals surface area contributed by atoms with Crippen molar-refractivity contribution in [1.29, 1.82) is 0 Å². The first kappa shape index (κ1) is 27.4. The molecule has 2 N–H and O–H groups in total. The number of pyridine rings is 1. The smallest absolute Gasteiger partial charge is 0.269 e. The summed E-state index contributed by atoms with van der Waals surface area (Å²) in [7, 11) is -3.35. The molecular formula is C25H36F2N6O4S. The van der Waals surface area contributed by atoms with Gasteiger partial charge in [-0.3, -0.25) is 14.3 Å². The zero-order chi connectivity index (χ0) is 27.4. The monoisotopic (exact) mass is 554 g/mol. The molecule has 0 spiro atoms. The molecule has 0 unspecified atom stereocenters. The summed E-state index contributed by atoms with van der Waals surface area (Å²) in [6.45, 7) is 7.63. The Hall–Kier alpha value is -2.22. The Bertz CT molecular complexity index is 1350. The number of anilines is 1. The van der Waals surface area contributed by atoms with Crippen molar-refractivity contribution in [3.05, 3.63) is 28.2 Å². The predicted octanol–water partition coefficient (Wildman–Crippen LogP) is 2.50. The summed E-state index contributed by atoms with van der Waals surface area (Å²) in [6, 6.07) is 0.695. The van der Waals surface area contributed by atoms with Crippen LogP contribution in [0.25, 0.3) is 11.0 Å². The number of aromatic nitrogens is 3. The summed E-state index contributed by atoms with van der Waals surface area (Å²) >= 11 is 0. The van der Waals surface area contributed by atoms with Crippen molar-refractivity contribution in [2.45, 2.75) is 88.3 Å². The van der Waals surface area contributed by atoms with Crippen LogP contribution in [0.5, 0.6) is 0 Å². The van der Waals surface area contributed by atoms with Crippen molar-refractivity contribution in [1.82, 2.24) is 23.7 Å². The molecular weight excluding hydrogens is 518 g/mol. The summed E-state index contributed by atoms with van der Waals surface area (Å²) in [4.78, 5) is 24.1. The first-order chi connectivity index (χ1) is 17.9. The molecule has 2 aromatic rings. The van der Waals surface area contributed by atoms with Crippen molar-refractivity contribution in [2.24, 2.45) is 0 Å². The maximum absolute atomic E-state index is 13.7. The summed E-state index contributed by atoms with van der Waals surface area (Å²) in [5, 5.41) is 14.1. The molecule has 3 aliphatic rings. The van der Waals surface area contributed by atoms with E-state index in [0.29, 0.717) is 69.7 Å². The van der Waals surface area contributed by atoms with Crippen molar-refractivity contribution in [2.75, 3.05) is 31.5 Å². The summed E-state index contributed by atoms with van der Waals surface area (Å²) in [6.07, 6.45) is 1.18. The van der Waals surface area contributed by atoms with E-state index in [1.807, 2.05) is 0 Å². The molecule has 4 heterocycles. The molecule has 2 aromatic heterocycles. The molecule has 1 saturated carbocycles. The van der Waals surface area contributed by atoms with Gasteiger partial charge in [-0.2, -0.15) is 4.98 Å². The molecule has 0 bridgehead atoms. The van der Waals surface area contributed by atoms with Crippen LogP contribution in [0, 0.1) is 0 Å². The fourth-order valence-corrected chi connectivity index (χ4v) is 7.82. The Labute approximate surface area is 221 Å². The summed E-state index contributed by atoms with van der Waals surface area (Å²) in [5.74, 6) is 0.237. The van der Waals surface area contributed by atoms with Crippen molar-refractivity contribution >= 4 is 27.0 Å². The van der Waals surface area contributed by atoms with Gasteiger partial charge in [0.1, 0.15) is 10.9 Å². The quantitative estimate of drug-likeness (QED) is 0.536. The maximum atomic E-state index is 13.7. The average Bonchev–Trinajstić information content (AvgIpc) is 3.16. The van der Waals surface area contributed by atoms with Gasteiger partial charge in [0.05, 0.1) is 17.2 Å². The van der Waals surface area contributed by atoms with Gasteiger partial charge in [0.2, 0.25) is 16.0 Å². The number of fused-ring (bicyclic) bond motifs is 1. The number of piperidine rings is 1. The summed E-state index contributed by atoms with van der Waals surface area (Å²) < 4.78 is 56.2. The molecule has 2 aliphatic heterocycles. The molecule has 2 saturated heterocycles. The average molecular weight is 555 g/mol. The van der Waals surface area contributed by atoms with E-state index in [4.69, 9.17) is 0 Å². The van der Waals surface area contributed by atoms with E-state index in [1.54, 1.807) is 11.2 Å². The number of hydrogen-bond donors (Lipinski definition) is 2. The van der Waals surface area contributed by atoms with Crippen LogP contribution in [0.2, 0.25) is 0 Å². The van der Waals surface area contributed by atoms with E-state index in [1.165, 1.54) is 10.8 Å². The van der Waals surface area contributed by atoms with Crippen LogP contribution in [-0.4, -0.2) is 86.4 Å². The largest absolute Gasteiger partial charge is 0.388 e. The Morgan fingerprint density at radius 2 is 1.87 bits per heavy atom. The van der Waals surface area contributed by atoms with Gasteiger partial charge in [-0.15, -0.1) is 0 Å². The van der Waals surface area contributed by atoms with Crippen LogP contribution in [0.1, 0.15) is 70.9 Å². The molecule has 10 nitrogen and oxygen atoms in total. The van der Waals surface area contributed by atoms with E-state index in [-0.39, 0.29) is 22.9 Å². The Balaban J connectivity index is 1.34. The molecule has 3 fully saturated rings. The number of rotatable bonds is 7. The second kappa shape index (κ2) is 10.1. The van der Waals surface area contributed by atoms with Crippen molar-refractivity contribution in [3.8, 4) is 0 Å². The molecule has 2 atom stereocenters. The van der Waals surface area contributed by atoms with E-state index >= 15 is 0 Å². The molecule has 0 aromatic carbocycles. The molecule has 13 heteroatoms. The first-order valence-corrected chi connectivity index (χ1v) is 14.8. The zero-order valence-electron chi connectivity index (χ0n) is 22.0. The number of aliphatic hydroxyl groups is 1. The molecule has 1 aliphatic carbocycles. The molecule has 0 radical (unpaired) electrons. The van der Waals surface area contributed by atoms with Gasteiger partial charge in [0.15, 0.2) is 0 Å². The highest BCUT2D eigenvalue weighted by atomic mass is 32.2. The standard InChI is InChI=1S/C25H36F2N6O4S/c1-15(2)31-13-18(14-31)38(36,37)32-9-6-17(7-10-32)29-24-28-12-16-11-19(21(26)27)23(34)33(22(16)30-24)20-5-4-8-25(20,3)35/h11-12,15,17-18,20-21,35H,4-10,13-14H2,1-3H3,(H,28,29,30)/t20-,25-/m1/s1. The van der Waals surface area contributed by atoms with E-state index in [2.05, 4.69) is 34.0 Å². The van der Waals surface area contributed by atoms with Crippen LogP contribution >= 0.6 is 0 Å². The molecule has 0 amide bonds. The highest BCUT2D eigenvalue weighted by Crippen LogP contribution is 2.40. The Kier molecular flexibility index (Phi) is 7.25. The van der Waals surface area contributed by atoms with Crippen LogP contribution < -0.4 is 10.9 Å². The van der Waals surface area contributed by atoms with Gasteiger partial charge in [0, 0.05) is 49.8 Å². The third-order valence-electron chi connectivity index (χ3n) is 8.40. The maximum Gasteiger partial charge on any atom is 0.269 e. The molecule has 38 heavy (non-hydrogen) atoms. The number of nitrogens with zero attached hydrogens (tertiary/aromatic N) is 5. The number of hydrogen-bond acceptors (Lipinski definition) is 8. The lowest BCUT2D eigenvalue weighted by molar-refractivity contribution is 0.0261. The van der Waals surface area contributed by atoms with E-state index < -0.39 is 39.2 Å². The fourth-order valence-electron chi connectivity index (χ4n) is 5.92. The highest BCUT2D eigenvalue weighted by molar-refractivity contribution is 7.89. The number of sulfonamides is 1. The van der Waals surface area contributed by atoms with Gasteiger partial charge in [-0.05, 0) is 58.9 Å². The third-order valence-corrected chi connectivity index (χ3v) is 10.6. The second-order valence-corrected chi connectivity index (χ2v) is 13.6. The van der Waals surface area contributed by atoms with Gasteiger partial charge >= 0.3 is 0 Å². The molecule has 210 valence electrons. The fraction of sp³-hybridized carbons (Fsp3) is 0.720. The van der Waals surface area contributed by atoms with E-state index in [0.717, 1.165) is 6.07 Å². The minimum absolute atomic E-state index is 0.0810. The summed E-state index contributed by atoms with van der Waals surface area (Å²) in [5.41, 5.74) is -2.51.